The first-order valence-corrected chi connectivity index (χ1v) is 13.4. The Labute approximate surface area is 207 Å². The maximum Gasteiger partial charge on any atom is 0.203 e. The second-order valence-electron chi connectivity index (χ2n) is 8.25. The van der Waals surface area contributed by atoms with Crippen LogP contribution in [0.4, 0.5) is 0 Å². The van der Waals surface area contributed by atoms with Gasteiger partial charge in [0.2, 0.25) is 5.75 Å². The summed E-state index contributed by atoms with van der Waals surface area (Å²) < 4.78 is 59.7. The van der Waals surface area contributed by atoms with Gasteiger partial charge in [-0.15, -0.1) is 0 Å². The normalized spacial score (nSPS) is 17.8. The number of nitrogens with two attached hydrogens (primary N) is 1. The predicted molar refractivity (Wildman–Crippen MR) is 132 cm³/mol. The molecule has 35 heavy (non-hydrogen) atoms. The third-order valence-electron chi connectivity index (χ3n) is 5.72. The van der Waals surface area contributed by atoms with E-state index in [1.807, 2.05) is 19.1 Å². The average molecular weight is 510 g/mol. The molecular weight excluding hydrogens is 474 g/mol. The Morgan fingerprint density at radius 1 is 0.857 bits per heavy atom. The Bertz CT molecular complexity index is 1090. The highest BCUT2D eigenvalue weighted by molar-refractivity contribution is 7.90. The summed E-state index contributed by atoms with van der Waals surface area (Å²) in [6.07, 6.45) is 2.73. The fourth-order valence-electron chi connectivity index (χ4n) is 4.10. The Morgan fingerprint density at radius 2 is 1.43 bits per heavy atom. The number of ether oxygens (including phenoxy) is 6. The molecule has 0 unspecified atom stereocenters. The molecule has 2 aromatic carbocycles. The van der Waals surface area contributed by atoms with E-state index in [2.05, 4.69) is 0 Å². The fraction of sp³-hybridized carbons (Fsp3) is 0.520. The van der Waals surface area contributed by atoms with Gasteiger partial charge in [-0.2, -0.15) is 0 Å². The van der Waals surface area contributed by atoms with E-state index in [1.54, 1.807) is 33.5 Å². The molecule has 1 aliphatic rings. The van der Waals surface area contributed by atoms with Crippen LogP contribution < -0.4 is 29.4 Å². The molecule has 194 valence electrons. The zero-order valence-corrected chi connectivity index (χ0v) is 21.8. The molecule has 2 aromatic rings. The molecule has 2 N–H and O–H groups in total. The van der Waals surface area contributed by atoms with Crippen LogP contribution in [0.5, 0.6) is 28.7 Å². The van der Waals surface area contributed by atoms with Crippen LogP contribution in [0, 0.1) is 0 Å². The minimum absolute atomic E-state index is 0.0790. The second-order valence-corrected chi connectivity index (χ2v) is 10.2. The van der Waals surface area contributed by atoms with Gasteiger partial charge < -0.3 is 34.2 Å². The zero-order valence-electron chi connectivity index (χ0n) is 21.0. The summed E-state index contributed by atoms with van der Waals surface area (Å²) in [5.41, 5.74) is 7.21. The first-order chi connectivity index (χ1) is 16.8. The minimum atomic E-state index is -3.59. The van der Waals surface area contributed by atoms with Crippen molar-refractivity contribution in [2.24, 2.45) is 5.73 Å². The van der Waals surface area contributed by atoms with Gasteiger partial charge in [0.1, 0.15) is 11.5 Å². The van der Waals surface area contributed by atoms with Crippen molar-refractivity contribution in [2.75, 3.05) is 47.3 Å². The van der Waals surface area contributed by atoms with Crippen molar-refractivity contribution < 1.29 is 36.8 Å². The van der Waals surface area contributed by atoms with Crippen LogP contribution >= 0.6 is 0 Å². The summed E-state index contributed by atoms with van der Waals surface area (Å²) in [4.78, 5) is 0.0790. The molecule has 3 rings (SSSR count). The quantitative estimate of drug-likeness (QED) is 0.456. The highest BCUT2D eigenvalue weighted by Crippen LogP contribution is 2.47. The lowest BCUT2D eigenvalue weighted by Crippen LogP contribution is -2.14. The van der Waals surface area contributed by atoms with Crippen LogP contribution in [0.25, 0.3) is 0 Å². The lowest BCUT2D eigenvalue weighted by Gasteiger charge is -2.21. The first-order valence-electron chi connectivity index (χ1n) is 11.6. The molecule has 0 radical (unpaired) electrons. The predicted octanol–water partition coefficient (Wildman–Crippen LogP) is 3.84. The van der Waals surface area contributed by atoms with Crippen molar-refractivity contribution in [1.29, 1.82) is 0 Å². The smallest absolute Gasteiger partial charge is 0.203 e. The molecule has 1 saturated heterocycles. The van der Waals surface area contributed by atoms with Crippen molar-refractivity contribution in [1.82, 2.24) is 0 Å². The molecule has 0 saturated carbocycles. The van der Waals surface area contributed by atoms with E-state index < -0.39 is 9.84 Å². The summed E-state index contributed by atoms with van der Waals surface area (Å²) in [6, 6.07) is 7.15. The standard InChI is InChI=1S/C25H35NO8S/c1-6-10-33-25-22(32-11-9-26)14-17(15-23(25)35(5,27)28)19-8-7-18(34-19)16-12-20(29-2)24(31-4)21(13-16)30-3/h12-15,18-19H,6-11,26H2,1-5H3/t18-,19-/m0/s1. The van der Waals surface area contributed by atoms with Crippen LogP contribution in [0.1, 0.15) is 49.5 Å². The fourth-order valence-corrected chi connectivity index (χ4v) is 4.94. The summed E-state index contributed by atoms with van der Waals surface area (Å²) in [5, 5.41) is 0. The van der Waals surface area contributed by atoms with Gasteiger partial charge in [-0.25, -0.2) is 8.42 Å². The Hall–Kier alpha value is -2.69. The van der Waals surface area contributed by atoms with Crippen LogP contribution in [0.3, 0.4) is 0 Å². The first kappa shape index (κ1) is 26.9. The van der Waals surface area contributed by atoms with Gasteiger partial charge in [-0.3, -0.25) is 0 Å². The van der Waals surface area contributed by atoms with Gasteiger partial charge in [-0.05, 0) is 54.7 Å². The topological polar surface area (TPSA) is 116 Å². The van der Waals surface area contributed by atoms with Gasteiger partial charge in [0.25, 0.3) is 0 Å². The minimum Gasteiger partial charge on any atom is -0.493 e. The largest absolute Gasteiger partial charge is 0.493 e. The Morgan fingerprint density at radius 3 is 1.91 bits per heavy atom. The van der Waals surface area contributed by atoms with E-state index in [4.69, 9.17) is 34.2 Å². The average Bonchev–Trinajstić information content (AvgIpc) is 3.34. The van der Waals surface area contributed by atoms with Crippen molar-refractivity contribution in [3.05, 3.63) is 35.4 Å². The molecule has 10 heteroatoms. The van der Waals surface area contributed by atoms with E-state index in [9.17, 15) is 8.42 Å². The van der Waals surface area contributed by atoms with E-state index in [0.717, 1.165) is 24.7 Å². The van der Waals surface area contributed by atoms with E-state index >= 15 is 0 Å². The van der Waals surface area contributed by atoms with Crippen LogP contribution in [0.2, 0.25) is 0 Å². The third-order valence-corrected chi connectivity index (χ3v) is 6.82. The summed E-state index contributed by atoms with van der Waals surface area (Å²) in [7, 11) is 1.09. The Balaban J connectivity index is 1.98. The van der Waals surface area contributed by atoms with Crippen molar-refractivity contribution in [3.63, 3.8) is 0 Å². The summed E-state index contributed by atoms with van der Waals surface area (Å²) >= 11 is 0. The van der Waals surface area contributed by atoms with Crippen molar-refractivity contribution in [3.8, 4) is 28.7 Å². The number of methoxy groups -OCH3 is 3. The number of sulfone groups is 1. The highest BCUT2D eigenvalue weighted by atomic mass is 32.2. The number of hydrogen-bond acceptors (Lipinski definition) is 9. The van der Waals surface area contributed by atoms with Gasteiger partial charge in [-0.1, -0.05) is 6.92 Å². The van der Waals surface area contributed by atoms with Gasteiger partial charge >= 0.3 is 0 Å². The lowest BCUT2D eigenvalue weighted by atomic mass is 10.0. The molecular formula is C25H35NO8S. The number of rotatable bonds is 12. The van der Waals surface area contributed by atoms with E-state index in [-0.39, 0.29) is 36.0 Å². The molecule has 0 amide bonds. The summed E-state index contributed by atoms with van der Waals surface area (Å²) in [6.45, 7) is 2.83. The molecule has 1 aliphatic heterocycles. The maximum atomic E-state index is 12.7. The third kappa shape index (κ3) is 6.12. The molecule has 0 bridgehead atoms. The van der Waals surface area contributed by atoms with E-state index in [1.165, 1.54) is 0 Å². The second kappa shape index (κ2) is 11.8. The lowest BCUT2D eigenvalue weighted by molar-refractivity contribution is 0.0435. The van der Waals surface area contributed by atoms with Crippen LogP contribution in [0.15, 0.2) is 29.2 Å². The van der Waals surface area contributed by atoms with Crippen molar-refractivity contribution in [2.45, 2.75) is 43.3 Å². The van der Waals surface area contributed by atoms with Crippen molar-refractivity contribution >= 4 is 9.84 Å². The van der Waals surface area contributed by atoms with Gasteiger partial charge in [0, 0.05) is 12.8 Å². The zero-order chi connectivity index (χ0) is 25.6. The molecule has 0 spiro atoms. The molecule has 1 fully saturated rings. The van der Waals surface area contributed by atoms with Crippen LogP contribution in [-0.4, -0.2) is 55.8 Å². The highest BCUT2D eigenvalue weighted by Gasteiger charge is 2.32. The van der Waals surface area contributed by atoms with Gasteiger partial charge in [0.05, 0.1) is 40.1 Å². The monoisotopic (exact) mass is 509 g/mol. The molecule has 2 atom stereocenters. The maximum absolute atomic E-state index is 12.7. The van der Waals surface area contributed by atoms with Gasteiger partial charge in [0.15, 0.2) is 32.8 Å². The Kier molecular flexibility index (Phi) is 9.09. The number of hydrogen-bond donors (Lipinski definition) is 1. The van der Waals surface area contributed by atoms with Crippen LogP contribution in [-0.2, 0) is 14.6 Å². The molecule has 0 aromatic heterocycles. The molecule has 0 aliphatic carbocycles. The summed E-state index contributed by atoms with van der Waals surface area (Å²) in [5.74, 6) is 2.16. The SMILES string of the molecule is CCCOc1c(OCCN)cc([C@@H]2CC[C@@H](c3cc(OC)c(OC)c(OC)c3)O2)cc1S(C)(=O)=O. The number of benzene rings is 2. The molecule has 1 heterocycles. The van der Waals surface area contributed by atoms with E-state index in [0.29, 0.717) is 41.6 Å². The molecule has 9 nitrogen and oxygen atoms in total.